The average molecular weight is 312 g/mol. The van der Waals surface area contributed by atoms with Crippen molar-refractivity contribution in [1.82, 2.24) is 0 Å². The zero-order valence-corrected chi connectivity index (χ0v) is 14.4. The first-order chi connectivity index (χ1) is 10.7. The summed E-state index contributed by atoms with van der Waals surface area (Å²) in [6.07, 6.45) is 17.7. The van der Waals surface area contributed by atoms with Crippen LogP contribution in [0, 0.1) is 0 Å². The van der Waals surface area contributed by atoms with Gasteiger partial charge in [-0.3, -0.25) is 4.79 Å². The molecular formula is C19H33FO2. The molecule has 0 heterocycles. The summed E-state index contributed by atoms with van der Waals surface area (Å²) in [4.78, 5) is 10.9. The number of hydrogen-bond donors (Lipinski definition) is 0. The van der Waals surface area contributed by atoms with E-state index in [1.54, 1.807) is 6.08 Å². The van der Waals surface area contributed by atoms with Gasteiger partial charge in [0.25, 0.3) is 0 Å². The maximum atomic E-state index is 13.4. The van der Waals surface area contributed by atoms with Crippen LogP contribution in [-0.4, -0.2) is 19.3 Å². The summed E-state index contributed by atoms with van der Waals surface area (Å²) in [5, 5.41) is 0. The standard InChI is InChI=1S/C19H33FO2/c1-3-4-12-15-18(20)16-13-10-8-6-5-7-9-11-14-17-19(21)22-2/h8,10,13,16,18H,3-7,9,11-12,14-15,17H2,1-2H3/b10-8-,16-13+. The molecule has 0 aromatic rings. The molecule has 0 saturated heterocycles. The second-order valence-electron chi connectivity index (χ2n) is 5.71. The summed E-state index contributed by atoms with van der Waals surface area (Å²) in [6, 6.07) is 0. The molecule has 0 spiro atoms. The van der Waals surface area contributed by atoms with Crippen molar-refractivity contribution in [3.63, 3.8) is 0 Å². The summed E-state index contributed by atoms with van der Waals surface area (Å²) in [6.45, 7) is 2.13. The summed E-state index contributed by atoms with van der Waals surface area (Å²) in [5.74, 6) is -0.115. The average Bonchev–Trinajstić information content (AvgIpc) is 2.52. The Bertz CT molecular complexity index is 311. The Morgan fingerprint density at radius 2 is 1.77 bits per heavy atom. The van der Waals surface area contributed by atoms with Gasteiger partial charge in [0.15, 0.2) is 0 Å². The smallest absolute Gasteiger partial charge is 0.305 e. The maximum Gasteiger partial charge on any atom is 0.305 e. The van der Waals surface area contributed by atoms with Gasteiger partial charge in [-0.25, -0.2) is 4.39 Å². The van der Waals surface area contributed by atoms with Gasteiger partial charge in [0.05, 0.1) is 7.11 Å². The van der Waals surface area contributed by atoms with Crippen LogP contribution in [0.5, 0.6) is 0 Å². The fourth-order valence-electron chi connectivity index (χ4n) is 2.21. The topological polar surface area (TPSA) is 26.3 Å². The molecule has 0 bridgehead atoms. The third kappa shape index (κ3) is 15.3. The number of unbranched alkanes of at least 4 members (excludes halogenated alkanes) is 7. The van der Waals surface area contributed by atoms with Crippen molar-refractivity contribution in [1.29, 1.82) is 0 Å². The maximum absolute atomic E-state index is 13.4. The second kappa shape index (κ2) is 16.3. The molecular weight excluding hydrogens is 279 g/mol. The van der Waals surface area contributed by atoms with E-state index >= 15 is 0 Å². The molecule has 128 valence electrons. The van der Waals surface area contributed by atoms with Crippen LogP contribution in [-0.2, 0) is 9.53 Å². The number of methoxy groups -OCH3 is 1. The molecule has 1 unspecified atom stereocenters. The molecule has 0 aliphatic heterocycles. The van der Waals surface area contributed by atoms with E-state index in [0.717, 1.165) is 51.4 Å². The van der Waals surface area contributed by atoms with Crippen molar-refractivity contribution in [3.05, 3.63) is 24.3 Å². The van der Waals surface area contributed by atoms with Gasteiger partial charge in [-0.15, -0.1) is 0 Å². The highest BCUT2D eigenvalue weighted by atomic mass is 19.1. The number of carbonyl (C=O) groups excluding carboxylic acids is 1. The molecule has 0 saturated carbocycles. The lowest BCUT2D eigenvalue weighted by Crippen LogP contribution is -1.98. The van der Waals surface area contributed by atoms with Crippen LogP contribution >= 0.6 is 0 Å². The van der Waals surface area contributed by atoms with Gasteiger partial charge in [0.2, 0.25) is 0 Å². The Hall–Kier alpha value is -1.12. The fourth-order valence-corrected chi connectivity index (χ4v) is 2.21. The van der Waals surface area contributed by atoms with Gasteiger partial charge in [0, 0.05) is 6.42 Å². The normalized spacial score (nSPS) is 13.0. The van der Waals surface area contributed by atoms with E-state index < -0.39 is 6.17 Å². The monoisotopic (exact) mass is 312 g/mol. The largest absolute Gasteiger partial charge is 0.469 e. The molecule has 3 heteroatoms. The minimum atomic E-state index is -0.800. The van der Waals surface area contributed by atoms with E-state index in [1.165, 1.54) is 13.5 Å². The van der Waals surface area contributed by atoms with Crippen LogP contribution in [0.15, 0.2) is 24.3 Å². The van der Waals surface area contributed by atoms with Crippen LogP contribution in [0.25, 0.3) is 0 Å². The molecule has 2 nitrogen and oxygen atoms in total. The minimum absolute atomic E-state index is 0.115. The Morgan fingerprint density at radius 3 is 2.50 bits per heavy atom. The zero-order valence-electron chi connectivity index (χ0n) is 14.4. The van der Waals surface area contributed by atoms with E-state index in [2.05, 4.69) is 17.7 Å². The van der Waals surface area contributed by atoms with Crippen LogP contribution in [0.3, 0.4) is 0 Å². The van der Waals surface area contributed by atoms with Gasteiger partial charge in [-0.05, 0) is 25.7 Å². The van der Waals surface area contributed by atoms with Gasteiger partial charge in [-0.2, -0.15) is 0 Å². The third-order valence-electron chi connectivity index (χ3n) is 3.63. The molecule has 0 aromatic carbocycles. The summed E-state index contributed by atoms with van der Waals surface area (Å²) in [5.41, 5.74) is 0. The second-order valence-corrected chi connectivity index (χ2v) is 5.71. The highest BCUT2D eigenvalue weighted by Crippen LogP contribution is 2.09. The van der Waals surface area contributed by atoms with E-state index in [0.29, 0.717) is 12.8 Å². The molecule has 0 radical (unpaired) electrons. The van der Waals surface area contributed by atoms with Crippen molar-refractivity contribution < 1.29 is 13.9 Å². The number of allylic oxidation sites excluding steroid dienone is 4. The number of halogens is 1. The lowest BCUT2D eigenvalue weighted by Gasteiger charge is -2.00. The van der Waals surface area contributed by atoms with Crippen molar-refractivity contribution in [2.75, 3.05) is 7.11 Å². The zero-order chi connectivity index (χ0) is 16.5. The number of hydrogen-bond acceptors (Lipinski definition) is 2. The van der Waals surface area contributed by atoms with Gasteiger partial charge < -0.3 is 4.74 Å². The van der Waals surface area contributed by atoms with Crippen molar-refractivity contribution in [3.8, 4) is 0 Å². The Labute approximate surface area is 135 Å². The van der Waals surface area contributed by atoms with E-state index in [9.17, 15) is 9.18 Å². The highest BCUT2D eigenvalue weighted by molar-refractivity contribution is 5.68. The lowest BCUT2D eigenvalue weighted by atomic mass is 10.1. The molecule has 0 N–H and O–H groups in total. The van der Waals surface area contributed by atoms with Crippen molar-refractivity contribution in [2.45, 2.75) is 83.7 Å². The van der Waals surface area contributed by atoms with Crippen LogP contribution < -0.4 is 0 Å². The first-order valence-corrected chi connectivity index (χ1v) is 8.75. The van der Waals surface area contributed by atoms with E-state index in [1.807, 2.05) is 12.2 Å². The molecule has 0 amide bonds. The molecule has 0 rings (SSSR count). The predicted octanol–water partition coefficient (Wildman–Crippen LogP) is 5.92. The first-order valence-electron chi connectivity index (χ1n) is 8.75. The number of alkyl halides is 1. The van der Waals surface area contributed by atoms with Gasteiger partial charge in [-0.1, -0.05) is 69.8 Å². The molecule has 22 heavy (non-hydrogen) atoms. The predicted molar refractivity (Wildman–Crippen MR) is 91.7 cm³/mol. The highest BCUT2D eigenvalue weighted by Gasteiger charge is 1.99. The van der Waals surface area contributed by atoms with Gasteiger partial charge in [0.1, 0.15) is 6.17 Å². The molecule has 0 fully saturated rings. The SMILES string of the molecule is CCCCCC(F)/C=C/C=C\CCCCCCCC(=O)OC. The summed E-state index contributed by atoms with van der Waals surface area (Å²) < 4.78 is 18.0. The first kappa shape index (κ1) is 20.9. The molecule has 1 atom stereocenters. The van der Waals surface area contributed by atoms with Crippen molar-refractivity contribution >= 4 is 5.97 Å². The summed E-state index contributed by atoms with van der Waals surface area (Å²) >= 11 is 0. The molecule has 0 aliphatic rings. The summed E-state index contributed by atoms with van der Waals surface area (Å²) in [7, 11) is 1.43. The number of ether oxygens (including phenoxy) is 1. The van der Waals surface area contributed by atoms with E-state index in [-0.39, 0.29) is 5.97 Å². The Balaban J connectivity index is 3.38. The molecule has 0 aliphatic carbocycles. The number of rotatable bonds is 14. The number of carbonyl (C=O) groups is 1. The van der Waals surface area contributed by atoms with Gasteiger partial charge >= 0.3 is 5.97 Å². The van der Waals surface area contributed by atoms with Crippen LogP contribution in [0.4, 0.5) is 4.39 Å². The lowest BCUT2D eigenvalue weighted by molar-refractivity contribution is -0.140. The Morgan fingerprint density at radius 1 is 1.05 bits per heavy atom. The van der Waals surface area contributed by atoms with Crippen molar-refractivity contribution in [2.24, 2.45) is 0 Å². The van der Waals surface area contributed by atoms with E-state index in [4.69, 9.17) is 0 Å². The fraction of sp³-hybridized carbons (Fsp3) is 0.737. The minimum Gasteiger partial charge on any atom is -0.469 e. The molecule has 0 aromatic heterocycles. The Kier molecular flexibility index (Phi) is 15.4. The van der Waals surface area contributed by atoms with Crippen LogP contribution in [0.2, 0.25) is 0 Å². The van der Waals surface area contributed by atoms with Crippen LogP contribution in [0.1, 0.15) is 77.6 Å². The number of esters is 1. The quantitative estimate of drug-likeness (QED) is 0.226. The third-order valence-corrected chi connectivity index (χ3v) is 3.63.